The number of imidazole rings is 1. The molecule has 0 bridgehead atoms. The average molecular weight is 309 g/mol. The van der Waals surface area contributed by atoms with Crippen molar-refractivity contribution in [3.63, 3.8) is 0 Å². The van der Waals surface area contributed by atoms with Crippen LogP contribution in [0.4, 0.5) is 0 Å². The maximum absolute atomic E-state index is 8.47. The molecule has 0 atom stereocenters. The van der Waals surface area contributed by atoms with Gasteiger partial charge in [0.05, 0.1) is 17.6 Å². The fourth-order valence-electron chi connectivity index (χ4n) is 2.93. The lowest BCUT2D eigenvalue weighted by atomic mass is 10.2. The number of nitrogens with zero attached hydrogens (tertiary/aromatic N) is 2. The normalized spacial score (nSPS) is 11.0. The van der Waals surface area contributed by atoms with Gasteiger partial charge in [-0.25, -0.2) is 0 Å². The number of benzene rings is 2. The minimum atomic E-state index is 0.542. The number of hydrogen-bond donors (Lipinski definition) is 1. The molecule has 0 fully saturated rings. The number of aryl methyl sites for hydroxylation is 2. The van der Waals surface area contributed by atoms with Gasteiger partial charge < -0.3 is 13.9 Å². The van der Waals surface area contributed by atoms with Crippen molar-refractivity contribution in [1.29, 1.82) is 5.41 Å². The molecule has 4 nitrogen and oxygen atoms in total. The third-order valence-electron chi connectivity index (χ3n) is 4.00. The number of para-hydroxylation sites is 2. The van der Waals surface area contributed by atoms with E-state index >= 15 is 0 Å². The highest BCUT2D eigenvalue weighted by Gasteiger charge is 2.09. The molecule has 3 aromatic rings. The van der Waals surface area contributed by atoms with Crippen LogP contribution in [0.5, 0.6) is 5.75 Å². The first-order valence-electron chi connectivity index (χ1n) is 8.13. The molecule has 0 radical (unpaired) electrons. The van der Waals surface area contributed by atoms with Gasteiger partial charge >= 0.3 is 0 Å². The number of aromatic nitrogens is 2. The van der Waals surface area contributed by atoms with E-state index in [1.807, 2.05) is 34.9 Å². The minimum absolute atomic E-state index is 0.542. The third-order valence-corrected chi connectivity index (χ3v) is 4.00. The van der Waals surface area contributed by atoms with E-state index in [1.165, 1.54) is 5.56 Å². The van der Waals surface area contributed by atoms with E-state index in [1.54, 1.807) is 0 Å². The molecule has 120 valence electrons. The summed E-state index contributed by atoms with van der Waals surface area (Å²) in [5.41, 5.74) is 3.95. The smallest absolute Gasteiger partial charge is 0.203 e. The van der Waals surface area contributed by atoms with E-state index in [9.17, 15) is 0 Å². The summed E-state index contributed by atoms with van der Waals surface area (Å²) in [6, 6.07) is 16.3. The largest absolute Gasteiger partial charge is 0.492 e. The Labute approximate surface area is 136 Å². The van der Waals surface area contributed by atoms with E-state index in [0.29, 0.717) is 18.8 Å². The third kappa shape index (κ3) is 3.16. The van der Waals surface area contributed by atoms with Crippen LogP contribution < -0.4 is 10.4 Å². The number of rotatable bonds is 6. The van der Waals surface area contributed by atoms with Gasteiger partial charge in [0.1, 0.15) is 12.4 Å². The molecule has 0 amide bonds. The summed E-state index contributed by atoms with van der Waals surface area (Å²) in [5, 5.41) is 8.47. The second kappa shape index (κ2) is 6.73. The Kier molecular flexibility index (Phi) is 4.51. The Morgan fingerprint density at radius 1 is 0.957 bits per heavy atom. The van der Waals surface area contributed by atoms with E-state index in [4.69, 9.17) is 10.1 Å². The van der Waals surface area contributed by atoms with Gasteiger partial charge in [0.15, 0.2) is 0 Å². The van der Waals surface area contributed by atoms with Gasteiger partial charge in [-0.15, -0.1) is 0 Å². The van der Waals surface area contributed by atoms with Crippen LogP contribution in [0.1, 0.15) is 18.9 Å². The summed E-state index contributed by atoms with van der Waals surface area (Å²) >= 11 is 0. The molecule has 23 heavy (non-hydrogen) atoms. The molecule has 0 saturated carbocycles. The SMILES string of the molecule is CCCn1c(=N)n(CCOc2cccc(C)c2)c2ccccc21. The molecule has 0 aliphatic rings. The topological polar surface area (TPSA) is 42.9 Å². The molecule has 0 aliphatic carbocycles. The molecule has 2 aromatic carbocycles. The summed E-state index contributed by atoms with van der Waals surface area (Å²) in [6.45, 7) is 6.29. The fourth-order valence-corrected chi connectivity index (χ4v) is 2.93. The Morgan fingerprint density at radius 2 is 1.65 bits per heavy atom. The second-order valence-electron chi connectivity index (χ2n) is 5.78. The van der Waals surface area contributed by atoms with E-state index in [-0.39, 0.29) is 0 Å². The Balaban J connectivity index is 1.83. The summed E-state index contributed by atoms with van der Waals surface area (Å²) < 4.78 is 9.95. The minimum Gasteiger partial charge on any atom is -0.492 e. The van der Waals surface area contributed by atoms with Crippen molar-refractivity contribution >= 4 is 11.0 Å². The van der Waals surface area contributed by atoms with Gasteiger partial charge in [0, 0.05) is 6.54 Å². The van der Waals surface area contributed by atoms with Gasteiger partial charge in [-0.05, 0) is 43.2 Å². The predicted octanol–water partition coefficient (Wildman–Crippen LogP) is 3.72. The highest BCUT2D eigenvalue weighted by Crippen LogP contribution is 2.15. The molecule has 1 heterocycles. The highest BCUT2D eigenvalue weighted by molar-refractivity contribution is 5.75. The molecule has 1 aromatic heterocycles. The Morgan fingerprint density at radius 3 is 2.30 bits per heavy atom. The second-order valence-corrected chi connectivity index (χ2v) is 5.78. The molecular weight excluding hydrogens is 286 g/mol. The standard InChI is InChI=1S/C19H23N3O/c1-3-11-21-17-9-4-5-10-18(17)22(19(21)20)12-13-23-16-8-6-7-15(2)14-16/h4-10,14,20H,3,11-13H2,1-2H3. The zero-order chi connectivity index (χ0) is 16.2. The molecule has 1 N–H and O–H groups in total. The molecule has 3 rings (SSSR count). The molecule has 0 saturated heterocycles. The van der Waals surface area contributed by atoms with Crippen LogP contribution in [0.25, 0.3) is 11.0 Å². The first kappa shape index (κ1) is 15.4. The Bertz CT molecular complexity index is 860. The van der Waals surface area contributed by atoms with Gasteiger partial charge in [-0.3, -0.25) is 5.41 Å². The quantitative estimate of drug-likeness (QED) is 0.741. The van der Waals surface area contributed by atoms with Crippen molar-refractivity contribution < 1.29 is 4.74 Å². The molecule has 4 heteroatoms. The van der Waals surface area contributed by atoms with Crippen LogP contribution in [0, 0.1) is 12.3 Å². The van der Waals surface area contributed by atoms with E-state index in [0.717, 1.165) is 29.7 Å². The number of ether oxygens (including phenoxy) is 1. The zero-order valence-corrected chi connectivity index (χ0v) is 13.7. The highest BCUT2D eigenvalue weighted by atomic mass is 16.5. The van der Waals surface area contributed by atoms with Crippen LogP contribution in [0.15, 0.2) is 48.5 Å². The van der Waals surface area contributed by atoms with Gasteiger partial charge in [0.25, 0.3) is 0 Å². The van der Waals surface area contributed by atoms with Gasteiger partial charge in [-0.1, -0.05) is 31.2 Å². The molecule has 0 spiro atoms. The van der Waals surface area contributed by atoms with E-state index < -0.39 is 0 Å². The van der Waals surface area contributed by atoms with Gasteiger partial charge in [0.2, 0.25) is 5.62 Å². The summed E-state index contributed by atoms with van der Waals surface area (Å²) in [6.07, 6.45) is 1.02. The summed E-state index contributed by atoms with van der Waals surface area (Å²) in [4.78, 5) is 0. The lowest BCUT2D eigenvalue weighted by molar-refractivity contribution is 0.296. The average Bonchev–Trinajstić information content (AvgIpc) is 2.81. The van der Waals surface area contributed by atoms with Crippen molar-refractivity contribution in [1.82, 2.24) is 9.13 Å². The van der Waals surface area contributed by atoms with Crippen LogP contribution in [-0.4, -0.2) is 15.7 Å². The summed E-state index contributed by atoms with van der Waals surface area (Å²) in [5.74, 6) is 0.884. The van der Waals surface area contributed by atoms with Crippen LogP contribution >= 0.6 is 0 Å². The van der Waals surface area contributed by atoms with E-state index in [2.05, 4.69) is 36.6 Å². The predicted molar refractivity (Wildman–Crippen MR) is 92.7 cm³/mol. The summed E-state index contributed by atoms with van der Waals surface area (Å²) in [7, 11) is 0. The number of nitrogens with one attached hydrogen (secondary N) is 1. The molecule has 0 unspecified atom stereocenters. The van der Waals surface area contributed by atoms with Crippen molar-refractivity contribution in [3.05, 3.63) is 59.7 Å². The zero-order valence-electron chi connectivity index (χ0n) is 13.7. The molecular formula is C19H23N3O. The lowest BCUT2D eigenvalue weighted by Gasteiger charge is -2.08. The number of hydrogen-bond acceptors (Lipinski definition) is 2. The van der Waals surface area contributed by atoms with Crippen molar-refractivity contribution in [2.24, 2.45) is 0 Å². The monoisotopic (exact) mass is 309 g/mol. The maximum atomic E-state index is 8.47. The first-order valence-corrected chi connectivity index (χ1v) is 8.13. The Hall–Kier alpha value is -2.49. The van der Waals surface area contributed by atoms with Crippen molar-refractivity contribution in [2.75, 3.05) is 6.61 Å². The van der Waals surface area contributed by atoms with Crippen molar-refractivity contribution in [3.8, 4) is 5.75 Å². The number of fused-ring (bicyclic) bond motifs is 1. The fraction of sp³-hybridized carbons (Fsp3) is 0.316. The van der Waals surface area contributed by atoms with Crippen LogP contribution in [0.2, 0.25) is 0 Å². The van der Waals surface area contributed by atoms with Gasteiger partial charge in [-0.2, -0.15) is 0 Å². The molecule has 0 aliphatic heterocycles. The lowest BCUT2D eigenvalue weighted by Crippen LogP contribution is -2.26. The van der Waals surface area contributed by atoms with Crippen molar-refractivity contribution in [2.45, 2.75) is 33.4 Å². The van der Waals surface area contributed by atoms with Crippen LogP contribution in [-0.2, 0) is 13.1 Å². The van der Waals surface area contributed by atoms with Crippen LogP contribution in [0.3, 0.4) is 0 Å². The maximum Gasteiger partial charge on any atom is 0.203 e. The first-order chi connectivity index (χ1) is 11.2.